The zero-order valence-corrected chi connectivity index (χ0v) is 16.5. The van der Waals surface area contributed by atoms with Crippen LogP contribution in [-0.2, 0) is 19.4 Å². The van der Waals surface area contributed by atoms with E-state index in [-0.39, 0.29) is 5.75 Å². The molecule has 0 spiro atoms. The lowest BCUT2D eigenvalue weighted by molar-refractivity contribution is -0.134. The molecule has 0 aliphatic carbocycles. The van der Waals surface area contributed by atoms with Gasteiger partial charge in [-0.1, -0.05) is 32.0 Å². The molecule has 0 aliphatic rings. The van der Waals surface area contributed by atoms with Gasteiger partial charge in [0.15, 0.2) is 9.84 Å². The fourth-order valence-corrected chi connectivity index (χ4v) is 3.22. The van der Waals surface area contributed by atoms with E-state index in [0.717, 1.165) is 26.2 Å². The quantitative estimate of drug-likeness (QED) is 0.373. The third-order valence-electron chi connectivity index (χ3n) is 3.52. The minimum Gasteiger partial charge on any atom is -0.478 e. The molecule has 0 aliphatic heterocycles. The Morgan fingerprint density at radius 2 is 1.52 bits per heavy atom. The van der Waals surface area contributed by atoms with Gasteiger partial charge in [-0.3, -0.25) is 0 Å². The number of benzene rings is 1. The first-order chi connectivity index (χ1) is 12.7. The maximum Gasteiger partial charge on any atom is 0.328 e. The van der Waals surface area contributed by atoms with Crippen molar-refractivity contribution in [1.29, 1.82) is 0 Å². The van der Waals surface area contributed by atoms with Gasteiger partial charge in [-0.05, 0) is 25.2 Å². The normalized spacial score (nSPS) is 11.2. The van der Waals surface area contributed by atoms with Gasteiger partial charge in [0.1, 0.15) is 0 Å². The van der Waals surface area contributed by atoms with Crippen molar-refractivity contribution in [2.45, 2.75) is 18.7 Å². The summed E-state index contributed by atoms with van der Waals surface area (Å²) < 4.78 is 24.0. The molecule has 0 amide bonds. The van der Waals surface area contributed by atoms with Gasteiger partial charge in [0.25, 0.3) is 0 Å². The summed E-state index contributed by atoms with van der Waals surface area (Å²) in [6, 6.07) is 8.61. The van der Waals surface area contributed by atoms with E-state index >= 15 is 0 Å². The van der Waals surface area contributed by atoms with Crippen LogP contribution in [0.5, 0.6) is 0 Å². The Labute approximate surface area is 160 Å². The van der Waals surface area contributed by atoms with Crippen molar-refractivity contribution in [1.82, 2.24) is 10.2 Å². The summed E-state index contributed by atoms with van der Waals surface area (Å²) in [7, 11) is -3.15. The van der Waals surface area contributed by atoms with Gasteiger partial charge in [-0.25, -0.2) is 18.0 Å². The second kappa shape index (κ2) is 13.9. The number of likely N-dealkylation sites (N-methyl/N-ethyl adjacent to an activating group) is 1. The van der Waals surface area contributed by atoms with Crippen LogP contribution in [-0.4, -0.2) is 73.9 Å². The Kier molecular flexibility index (Phi) is 12.8. The van der Waals surface area contributed by atoms with Crippen LogP contribution in [0, 0.1) is 0 Å². The average molecular weight is 400 g/mol. The molecule has 0 aromatic heterocycles. The highest BCUT2D eigenvalue weighted by atomic mass is 32.2. The molecule has 152 valence electrons. The molecule has 0 unspecified atom stereocenters. The van der Waals surface area contributed by atoms with Gasteiger partial charge in [0.2, 0.25) is 0 Å². The predicted molar refractivity (Wildman–Crippen MR) is 104 cm³/mol. The second-order valence-corrected chi connectivity index (χ2v) is 7.53. The minimum absolute atomic E-state index is 0.148. The van der Waals surface area contributed by atoms with Crippen LogP contribution in [0.25, 0.3) is 0 Å². The second-order valence-electron chi connectivity index (χ2n) is 5.42. The minimum atomic E-state index is -3.15. The topological polar surface area (TPSA) is 124 Å². The Hall–Kier alpha value is -2.23. The smallest absolute Gasteiger partial charge is 0.328 e. The third-order valence-corrected chi connectivity index (χ3v) is 5.25. The van der Waals surface area contributed by atoms with Crippen LogP contribution in [0.4, 0.5) is 0 Å². The van der Waals surface area contributed by atoms with Gasteiger partial charge < -0.3 is 20.4 Å². The number of hydrogen-bond donors (Lipinski definition) is 3. The van der Waals surface area contributed by atoms with Crippen molar-refractivity contribution < 1.29 is 28.2 Å². The molecule has 1 aromatic rings. The standard InChI is InChI=1S/C14H24N2O2S.C4H4O4/c1-3-16(4-2)12-10-15-11-13-19(17,18)14-8-6-5-7-9-14;5-3(6)1-2-4(7)8/h5-9,15H,3-4,10-13H2,1-2H3;1-2H,(H,5,6)(H,7,8). The summed E-state index contributed by atoms with van der Waals surface area (Å²) in [6.45, 7) is 8.59. The van der Waals surface area contributed by atoms with Crippen LogP contribution in [0.1, 0.15) is 13.8 Å². The lowest BCUT2D eigenvalue weighted by atomic mass is 10.4. The van der Waals surface area contributed by atoms with Crippen LogP contribution in [0.15, 0.2) is 47.4 Å². The van der Waals surface area contributed by atoms with Crippen molar-refractivity contribution in [3.63, 3.8) is 0 Å². The summed E-state index contributed by atoms with van der Waals surface area (Å²) in [5.74, 6) is -2.37. The summed E-state index contributed by atoms with van der Waals surface area (Å²) in [5.41, 5.74) is 0. The molecule has 0 radical (unpaired) electrons. The van der Waals surface area contributed by atoms with E-state index in [0.29, 0.717) is 23.6 Å². The molecule has 0 fully saturated rings. The van der Waals surface area contributed by atoms with Crippen LogP contribution < -0.4 is 5.32 Å². The molecule has 1 aromatic carbocycles. The number of nitrogens with one attached hydrogen (secondary N) is 1. The molecule has 27 heavy (non-hydrogen) atoms. The number of carboxylic acids is 2. The number of carbonyl (C=O) groups is 2. The van der Waals surface area contributed by atoms with Crippen LogP contribution in [0.2, 0.25) is 0 Å². The molecule has 0 saturated carbocycles. The molecule has 0 saturated heterocycles. The van der Waals surface area contributed by atoms with E-state index in [1.54, 1.807) is 24.3 Å². The lowest BCUT2D eigenvalue weighted by Crippen LogP contribution is -2.33. The molecule has 0 heterocycles. The summed E-state index contributed by atoms with van der Waals surface area (Å²) in [5, 5.41) is 18.8. The van der Waals surface area contributed by atoms with Crippen molar-refractivity contribution in [3.05, 3.63) is 42.5 Å². The van der Waals surface area contributed by atoms with E-state index in [1.807, 2.05) is 6.07 Å². The highest BCUT2D eigenvalue weighted by Gasteiger charge is 2.12. The zero-order valence-electron chi connectivity index (χ0n) is 15.7. The first-order valence-electron chi connectivity index (χ1n) is 8.57. The fraction of sp³-hybridized carbons (Fsp3) is 0.444. The number of nitrogens with zero attached hydrogens (tertiary/aromatic N) is 1. The highest BCUT2D eigenvalue weighted by molar-refractivity contribution is 7.91. The zero-order chi connectivity index (χ0) is 20.7. The Bertz CT molecular complexity index is 669. The van der Waals surface area contributed by atoms with Gasteiger partial charge in [0.05, 0.1) is 10.6 Å². The van der Waals surface area contributed by atoms with Crippen LogP contribution >= 0.6 is 0 Å². The number of rotatable bonds is 11. The SMILES string of the molecule is CCN(CC)CCNCCS(=O)(=O)c1ccccc1.O=C(O)C=CC(=O)O. The van der Waals surface area contributed by atoms with Gasteiger partial charge in [-0.15, -0.1) is 0 Å². The largest absolute Gasteiger partial charge is 0.478 e. The molecule has 1 rings (SSSR count). The fourth-order valence-electron chi connectivity index (χ4n) is 2.00. The molecular weight excluding hydrogens is 372 g/mol. The number of carboxylic acid groups (broad SMARTS) is 2. The number of aliphatic carboxylic acids is 2. The van der Waals surface area contributed by atoms with Gasteiger partial charge >= 0.3 is 11.9 Å². The maximum atomic E-state index is 12.0. The lowest BCUT2D eigenvalue weighted by Gasteiger charge is -2.17. The molecular formula is C18H28N2O6S. The summed E-state index contributed by atoms with van der Waals surface area (Å²) >= 11 is 0. The first-order valence-corrected chi connectivity index (χ1v) is 10.2. The Balaban J connectivity index is 0.000000713. The van der Waals surface area contributed by atoms with Crippen molar-refractivity contribution in [3.8, 4) is 0 Å². The van der Waals surface area contributed by atoms with E-state index < -0.39 is 21.8 Å². The van der Waals surface area contributed by atoms with Gasteiger partial charge in [-0.2, -0.15) is 0 Å². The first kappa shape index (κ1) is 24.8. The number of sulfone groups is 1. The highest BCUT2D eigenvalue weighted by Crippen LogP contribution is 2.09. The summed E-state index contributed by atoms with van der Waals surface area (Å²) in [6.07, 6.45) is 1.12. The van der Waals surface area contributed by atoms with Crippen LogP contribution in [0.3, 0.4) is 0 Å². The van der Waals surface area contributed by atoms with Crippen molar-refractivity contribution in [2.24, 2.45) is 0 Å². The summed E-state index contributed by atoms with van der Waals surface area (Å²) in [4.78, 5) is 21.8. The Morgan fingerprint density at radius 1 is 1.00 bits per heavy atom. The maximum absolute atomic E-state index is 12.0. The van der Waals surface area contributed by atoms with E-state index in [4.69, 9.17) is 10.2 Å². The van der Waals surface area contributed by atoms with Gasteiger partial charge in [0, 0.05) is 31.8 Å². The molecule has 8 nitrogen and oxygen atoms in total. The predicted octanol–water partition coefficient (Wildman–Crippen LogP) is 1.10. The monoisotopic (exact) mass is 400 g/mol. The molecule has 0 bridgehead atoms. The van der Waals surface area contributed by atoms with E-state index in [1.165, 1.54) is 0 Å². The van der Waals surface area contributed by atoms with E-state index in [9.17, 15) is 18.0 Å². The Morgan fingerprint density at radius 3 is 1.96 bits per heavy atom. The molecule has 3 N–H and O–H groups in total. The van der Waals surface area contributed by atoms with E-state index in [2.05, 4.69) is 24.1 Å². The molecule has 0 atom stereocenters. The average Bonchev–Trinajstić information content (AvgIpc) is 2.64. The molecule has 9 heteroatoms. The van der Waals surface area contributed by atoms with Crippen molar-refractivity contribution >= 4 is 21.8 Å². The van der Waals surface area contributed by atoms with Crippen molar-refractivity contribution in [2.75, 3.05) is 38.5 Å². The third kappa shape index (κ3) is 12.7. The number of hydrogen-bond acceptors (Lipinski definition) is 6.